The second-order valence-corrected chi connectivity index (χ2v) is 4.30. The highest BCUT2D eigenvalue weighted by atomic mass is 19.4. The number of fused-ring (bicyclic) bond motifs is 1. The molecule has 0 aromatic carbocycles. The molecule has 7 heteroatoms. The summed E-state index contributed by atoms with van der Waals surface area (Å²) in [6.07, 6.45) is -2.34. The lowest BCUT2D eigenvalue weighted by molar-refractivity contribution is -0.0888. The number of halogens is 3. The number of ketones is 1. The average molecular weight is 261 g/mol. The molecule has 1 aromatic heterocycles. The van der Waals surface area contributed by atoms with Gasteiger partial charge in [0, 0.05) is 18.7 Å². The molecule has 18 heavy (non-hydrogen) atoms. The second kappa shape index (κ2) is 4.72. The third kappa shape index (κ3) is 2.27. The minimum absolute atomic E-state index is 0.302. The quantitative estimate of drug-likeness (QED) is 0.838. The Balaban J connectivity index is 2.45. The van der Waals surface area contributed by atoms with Gasteiger partial charge >= 0.3 is 6.18 Å². The zero-order valence-electron chi connectivity index (χ0n) is 9.76. The van der Waals surface area contributed by atoms with E-state index in [0.29, 0.717) is 37.4 Å². The zero-order chi connectivity index (χ0) is 13.3. The van der Waals surface area contributed by atoms with Crippen molar-refractivity contribution in [1.82, 2.24) is 9.55 Å². The Morgan fingerprint density at radius 1 is 1.39 bits per heavy atom. The maximum absolute atomic E-state index is 12.5. The minimum atomic E-state index is -4.87. The first-order valence-electron chi connectivity index (χ1n) is 5.85. The average Bonchev–Trinajstić information content (AvgIpc) is 2.67. The number of nitrogens with zero attached hydrogens (tertiary/aromatic N) is 2. The van der Waals surface area contributed by atoms with Gasteiger partial charge in [0.1, 0.15) is 11.5 Å². The number of hydrogen-bond donors (Lipinski definition) is 1. The standard InChI is InChI=1S/C11H14F3N3O/c12-11(13,14)10(18)9-7-3-1-2-6-17(7)8(16-9)4-5-15/h1-6,15H2. The highest BCUT2D eigenvalue weighted by Crippen LogP contribution is 2.27. The molecule has 4 nitrogen and oxygen atoms in total. The van der Waals surface area contributed by atoms with Gasteiger partial charge in [-0.25, -0.2) is 4.98 Å². The van der Waals surface area contributed by atoms with E-state index in [0.717, 1.165) is 12.8 Å². The summed E-state index contributed by atoms with van der Waals surface area (Å²) in [4.78, 5) is 15.2. The fourth-order valence-electron chi connectivity index (χ4n) is 2.25. The van der Waals surface area contributed by atoms with Crippen LogP contribution in [0, 0.1) is 0 Å². The molecule has 2 heterocycles. The minimum Gasteiger partial charge on any atom is -0.331 e. The van der Waals surface area contributed by atoms with Crippen LogP contribution in [0.1, 0.15) is 34.8 Å². The predicted molar refractivity (Wildman–Crippen MR) is 58.3 cm³/mol. The van der Waals surface area contributed by atoms with Crippen LogP contribution in [0.5, 0.6) is 0 Å². The number of alkyl halides is 3. The molecule has 2 N–H and O–H groups in total. The Morgan fingerprint density at radius 3 is 2.72 bits per heavy atom. The fraction of sp³-hybridized carbons (Fsp3) is 0.636. The van der Waals surface area contributed by atoms with E-state index in [4.69, 9.17) is 5.73 Å². The molecule has 0 bridgehead atoms. The normalized spacial score (nSPS) is 15.6. The van der Waals surface area contributed by atoms with Crippen molar-refractivity contribution in [2.75, 3.05) is 6.54 Å². The molecule has 0 saturated heterocycles. The van der Waals surface area contributed by atoms with Gasteiger partial charge in [-0.3, -0.25) is 4.79 Å². The van der Waals surface area contributed by atoms with E-state index in [9.17, 15) is 18.0 Å². The van der Waals surface area contributed by atoms with Gasteiger partial charge in [0.2, 0.25) is 0 Å². The number of Topliss-reactive ketones (excluding diaryl/α,β-unsaturated/α-hetero) is 1. The van der Waals surface area contributed by atoms with Gasteiger partial charge in [0.15, 0.2) is 0 Å². The molecule has 0 unspecified atom stereocenters. The van der Waals surface area contributed by atoms with Crippen LogP contribution < -0.4 is 5.73 Å². The summed E-state index contributed by atoms with van der Waals surface area (Å²) in [6, 6.07) is 0. The molecule has 0 fully saturated rings. The predicted octanol–water partition coefficient (Wildman–Crippen LogP) is 1.47. The molecule has 0 radical (unpaired) electrons. The van der Waals surface area contributed by atoms with Gasteiger partial charge in [-0.1, -0.05) is 0 Å². The lowest BCUT2D eigenvalue weighted by atomic mass is 10.1. The van der Waals surface area contributed by atoms with E-state index in [1.54, 1.807) is 4.57 Å². The third-order valence-corrected chi connectivity index (χ3v) is 3.04. The molecule has 0 spiro atoms. The van der Waals surface area contributed by atoms with Crippen LogP contribution in [0.2, 0.25) is 0 Å². The Hall–Kier alpha value is -1.37. The molecule has 2 rings (SSSR count). The summed E-state index contributed by atoms with van der Waals surface area (Å²) in [5.41, 5.74) is 5.37. The second-order valence-electron chi connectivity index (χ2n) is 4.30. The Labute approximate surface area is 102 Å². The van der Waals surface area contributed by atoms with Gasteiger partial charge < -0.3 is 10.3 Å². The van der Waals surface area contributed by atoms with Gasteiger partial charge in [-0.2, -0.15) is 13.2 Å². The number of carbonyl (C=O) groups is 1. The first kappa shape index (κ1) is 13.1. The molecule has 1 aromatic rings. The molecule has 100 valence electrons. The van der Waals surface area contributed by atoms with Crippen LogP contribution in [0.15, 0.2) is 0 Å². The van der Waals surface area contributed by atoms with Crippen molar-refractivity contribution in [3.8, 4) is 0 Å². The largest absolute Gasteiger partial charge is 0.456 e. The van der Waals surface area contributed by atoms with E-state index < -0.39 is 17.7 Å². The number of hydrogen-bond acceptors (Lipinski definition) is 3. The summed E-state index contributed by atoms with van der Waals surface area (Å²) in [6.45, 7) is 0.916. The lowest BCUT2D eigenvalue weighted by Crippen LogP contribution is -2.25. The van der Waals surface area contributed by atoms with E-state index in [2.05, 4.69) is 4.98 Å². The van der Waals surface area contributed by atoms with Gasteiger partial charge in [0.25, 0.3) is 5.78 Å². The van der Waals surface area contributed by atoms with Crippen molar-refractivity contribution >= 4 is 5.78 Å². The third-order valence-electron chi connectivity index (χ3n) is 3.04. The first-order valence-corrected chi connectivity index (χ1v) is 5.85. The van der Waals surface area contributed by atoms with Crippen molar-refractivity contribution in [3.05, 3.63) is 17.2 Å². The number of imidazole rings is 1. The van der Waals surface area contributed by atoms with Crippen LogP contribution in [-0.4, -0.2) is 28.1 Å². The maximum Gasteiger partial charge on any atom is 0.456 e. The van der Waals surface area contributed by atoms with Crippen molar-refractivity contribution in [1.29, 1.82) is 0 Å². The number of nitrogens with two attached hydrogens (primary N) is 1. The zero-order valence-corrected chi connectivity index (χ0v) is 9.76. The molecule has 0 aliphatic carbocycles. The first-order chi connectivity index (χ1) is 8.45. The molecular weight excluding hydrogens is 247 g/mol. The number of rotatable bonds is 3. The van der Waals surface area contributed by atoms with Crippen LogP contribution in [-0.2, 0) is 19.4 Å². The summed E-state index contributed by atoms with van der Waals surface area (Å²) in [7, 11) is 0. The lowest BCUT2D eigenvalue weighted by Gasteiger charge is -2.17. The van der Waals surface area contributed by atoms with Crippen molar-refractivity contribution in [2.24, 2.45) is 5.73 Å². The molecule has 0 amide bonds. The van der Waals surface area contributed by atoms with E-state index >= 15 is 0 Å². The van der Waals surface area contributed by atoms with Crippen LogP contribution >= 0.6 is 0 Å². The van der Waals surface area contributed by atoms with Crippen molar-refractivity contribution < 1.29 is 18.0 Å². The Kier molecular flexibility index (Phi) is 3.43. The van der Waals surface area contributed by atoms with Gasteiger partial charge in [-0.15, -0.1) is 0 Å². The van der Waals surface area contributed by atoms with Crippen molar-refractivity contribution in [2.45, 2.75) is 38.4 Å². The molecule has 1 aliphatic rings. The van der Waals surface area contributed by atoms with E-state index in [-0.39, 0.29) is 0 Å². The summed E-state index contributed by atoms with van der Waals surface area (Å²) in [5, 5.41) is 0. The van der Waals surface area contributed by atoms with Gasteiger partial charge in [0.05, 0.1) is 0 Å². The molecular formula is C11H14F3N3O. The Bertz CT molecular complexity index is 465. The van der Waals surface area contributed by atoms with E-state index in [1.165, 1.54) is 0 Å². The molecule has 0 atom stereocenters. The summed E-state index contributed by atoms with van der Waals surface area (Å²) in [5.74, 6) is -1.36. The number of aromatic nitrogens is 2. The fourth-order valence-corrected chi connectivity index (χ4v) is 2.25. The SMILES string of the molecule is NCCc1nc(C(=O)C(F)(F)F)c2n1CCCC2. The maximum atomic E-state index is 12.5. The topological polar surface area (TPSA) is 60.9 Å². The molecule has 0 saturated carbocycles. The van der Waals surface area contributed by atoms with Crippen LogP contribution in [0.4, 0.5) is 13.2 Å². The van der Waals surface area contributed by atoms with Crippen LogP contribution in [0.3, 0.4) is 0 Å². The van der Waals surface area contributed by atoms with E-state index in [1.807, 2.05) is 0 Å². The highest BCUT2D eigenvalue weighted by Gasteiger charge is 2.43. The van der Waals surface area contributed by atoms with Gasteiger partial charge in [-0.05, 0) is 25.8 Å². The summed E-state index contributed by atoms with van der Waals surface area (Å²) < 4.78 is 39.1. The highest BCUT2D eigenvalue weighted by molar-refractivity contribution is 5.99. The van der Waals surface area contributed by atoms with Crippen molar-refractivity contribution in [3.63, 3.8) is 0 Å². The monoisotopic (exact) mass is 261 g/mol. The summed E-state index contributed by atoms with van der Waals surface area (Å²) >= 11 is 0. The van der Waals surface area contributed by atoms with Crippen LogP contribution in [0.25, 0.3) is 0 Å². The number of carbonyl (C=O) groups excluding carboxylic acids is 1. The Morgan fingerprint density at radius 2 is 2.11 bits per heavy atom. The molecule has 1 aliphatic heterocycles. The smallest absolute Gasteiger partial charge is 0.331 e.